The minimum absolute atomic E-state index is 0.132. The van der Waals surface area contributed by atoms with Crippen LogP contribution in [-0.2, 0) is 4.74 Å². The van der Waals surface area contributed by atoms with Crippen molar-refractivity contribution < 1.29 is 19.3 Å². The van der Waals surface area contributed by atoms with Crippen LogP contribution < -0.4 is 11.2 Å². The molecule has 1 saturated heterocycles. The fourth-order valence-electron chi connectivity index (χ4n) is 1.76. The number of aromatic amines is 2. The highest BCUT2D eigenvalue weighted by Gasteiger charge is 2.45. The zero-order chi connectivity index (χ0) is 12.6. The Morgan fingerprint density at radius 3 is 2.71 bits per heavy atom. The van der Waals surface area contributed by atoms with Gasteiger partial charge < -0.3 is 19.9 Å². The number of hydrogen-bond acceptors (Lipinski definition) is 5. The van der Waals surface area contributed by atoms with E-state index < -0.39 is 42.3 Å². The van der Waals surface area contributed by atoms with Crippen LogP contribution in [0.5, 0.6) is 0 Å². The third-order valence-electron chi connectivity index (χ3n) is 2.65. The summed E-state index contributed by atoms with van der Waals surface area (Å²) in [5, 5.41) is 18.2. The van der Waals surface area contributed by atoms with E-state index in [1.807, 2.05) is 4.98 Å². The van der Waals surface area contributed by atoms with Gasteiger partial charge in [-0.25, -0.2) is 9.18 Å². The van der Waals surface area contributed by atoms with Crippen molar-refractivity contribution in [2.45, 2.75) is 24.5 Å². The van der Waals surface area contributed by atoms with Gasteiger partial charge in [0.15, 0.2) is 6.17 Å². The molecule has 0 amide bonds. The van der Waals surface area contributed by atoms with Crippen LogP contribution in [0.1, 0.15) is 11.7 Å². The van der Waals surface area contributed by atoms with Gasteiger partial charge in [0, 0.05) is 6.20 Å². The molecule has 8 heteroatoms. The SMILES string of the molecule is O=c1[nH]cc([C@@H]2O[C@H](CO)C(O)[C@@H]2F)c(=O)[nH]1. The minimum atomic E-state index is -1.83. The number of hydrogen-bond donors (Lipinski definition) is 4. The molecule has 1 fully saturated rings. The summed E-state index contributed by atoms with van der Waals surface area (Å²) in [6.45, 7) is -0.556. The number of aliphatic hydroxyl groups excluding tert-OH is 2. The predicted octanol–water partition coefficient (Wildman–Crippen LogP) is -1.81. The lowest BCUT2D eigenvalue weighted by Gasteiger charge is -2.11. The third-order valence-corrected chi connectivity index (χ3v) is 2.65. The van der Waals surface area contributed by atoms with Crippen molar-refractivity contribution in [3.05, 3.63) is 32.6 Å². The third kappa shape index (κ3) is 2.02. The second kappa shape index (κ2) is 4.40. The largest absolute Gasteiger partial charge is 0.394 e. The van der Waals surface area contributed by atoms with Gasteiger partial charge in [0.1, 0.15) is 18.3 Å². The van der Waals surface area contributed by atoms with Crippen molar-refractivity contribution in [3.63, 3.8) is 0 Å². The summed E-state index contributed by atoms with van der Waals surface area (Å²) < 4.78 is 18.7. The lowest BCUT2D eigenvalue weighted by Crippen LogP contribution is -2.31. The lowest BCUT2D eigenvalue weighted by atomic mass is 10.1. The van der Waals surface area contributed by atoms with Crippen LogP contribution in [0.25, 0.3) is 0 Å². The van der Waals surface area contributed by atoms with Gasteiger partial charge in [-0.15, -0.1) is 0 Å². The highest BCUT2D eigenvalue weighted by molar-refractivity contribution is 5.13. The van der Waals surface area contributed by atoms with Crippen LogP contribution in [0.3, 0.4) is 0 Å². The topological polar surface area (TPSA) is 115 Å². The standard InChI is InChI=1S/C9H11FN2O5/c10-5-6(14)4(2-13)17-7(5)3-1-11-9(16)12-8(3)15/h1,4-7,13-14H,2H2,(H2,11,12,15,16)/t4-,5+,6?,7+/m1/s1. The first-order chi connectivity index (χ1) is 8.04. The van der Waals surface area contributed by atoms with E-state index in [1.165, 1.54) is 0 Å². The van der Waals surface area contributed by atoms with E-state index in [2.05, 4.69) is 4.98 Å². The number of aromatic nitrogens is 2. The second-order valence-corrected chi connectivity index (χ2v) is 3.74. The minimum Gasteiger partial charge on any atom is -0.394 e. The Bertz CT molecular complexity index is 513. The normalized spacial score (nSPS) is 32.9. The van der Waals surface area contributed by atoms with Gasteiger partial charge in [-0.2, -0.15) is 0 Å². The van der Waals surface area contributed by atoms with E-state index in [9.17, 15) is 19.1 Å². The van der Waals surface area contributed by atoms with Crippen LogP contribution in [-0.4, -0.2) is 45.2 Å². The summed E-state index contributed by atoms with van der Waals surface area (Å²) in [5.74, 6) is 0. The van der Waals surface area contributed by atoms with Crippen molar-refractivity contribution >= 4 is 0 Å². The Hall–Kier alpha value is -1.51. The number of aliphatic hydroxyl groups is 2. The summed E-state index contributed by atoms with van der Waals surface area (Å²) in [6, 6.07) is 0. The highest BCUT2D eigenvalue weighted by Crippen LogP contribution is 2.33. The molecule has 0 bridgehead atoms. The van der Waals surface area contributed by atoms with E-state index in [0.717, 1.165) is 6.20 Å². The molecule has 4 atom stereocenters. The molecule has 0 radical (unpaired) electrons. The number of H-pyrrole nitrogens is 2. The average molecular weight is 246 g/mol. The molecule has 0 aromatic carbocycles. The zero-order valence-corrected chi connectivity index (χ0v) is 8.59. The van der Waals surface area contributed by atoms with Crippen molar-refractivity contribution in [1.82, 2.24) is 9.97 Å². The molecular weight excluding hydrogens is 235 g/mol. The molecule has 2 heterocycles. The van der Waals surface area contributed by atoms with E-state index in [0.29, 0.717) is 0 Å². The molecular formula is C9H11FN2O5. The molecule has 1 aliphatic heterocycles. The molecule has 17 heavy (non-hydrogen) atoms. The molecule has 2 rings (SSSR count). The first-order valence-corrected chi connectivity index (χ1v) is 4.95. The first kappa shape index (κ1) is 12.0. The van der Waals surface area contributed by atoms with Gasteiger partial charge >= 0.3 is 5.69 Å². The Morgan fingerprint density at radius 1 is 1.47 bits per heavy atom. The lowest BCUT2D eigenvalue weighted by molar-refractivity contribution is -0.0230. The molecule has 94 valence electrons. The maximum absolute atomic E-state index is 13.7. The summed E-state index contributed by atoms with van der Waals surface area (Å²) in [7, 11) is 0. The number of rotatable bonds is 2. The van der Waals surface area contributed by atoms with E-state index in [1.54, 1.807) is 0 Å². The van der Waals surface area contributed by atoms with Crippen LogP contribution in [0.4, 0.5) is 4.39 Å². The second-order valence-electron chi connectivity index (χ2n) is 3.74. The summed E-state index contributed by atoms with van der Waals surface area (Å²) >= 11 is 0. The van der Waals surface area contributed by atoms with E-state index in [-0.39, 0.29) is 5.56 Å². The molecule has 0 aliphatic carbocycles. The van der Waals surface area contributed by atoms with Gasteiger partial charge in [0.2, 0.25) is 0 Å². The van der Waals surface area contributed by atoms with Gasteiger partial charge in [-0.05, 0) is 0 Å². The smallest absolute Gasteiger partial charge is 0.325 e. The van der Waals surface area contributed by atoms with Crippen LogP contribution >= 0.6 is 0 Å². The molecule has 1 aromatic heterocycles. The summed E-state index contributed by atoms with van der Waals surface area (Å²) in [6.07, 6.45) is -4.69. The number of alkyl halides is 1. The van der Waals surface area contributed by atoms with Crippen molar-refractivity contribution in [3.8, 4) is 0 Å². The monoisotopic (exact) mass is 246 g/mol. The van der Waals surface area contributed by atoms with Crippen LogP contribution in [0.15, 0.2) is 15.8 Å². The Balaban J connectivity index is 2.35. The summed E-state index contributed by atoms with van der Waals surface area (Å²) in [4.78, 5) is 26.3. The van der Waals surface area contributed by atoms with Crippen LogP contribution in [0.2, 0.25) is 0 Å². The van der Waals surface area contributed by atoms with Crippen molar-refractivity contribution in [1.29, 1.82) is 0 Å². The number of ether oxygens (including phenoxy) is 1. The molecule has 1 aromatic rings. The molecule has 7 nitrogen and oxygen atoms in total. The van der Waals surface area contributed by atoms with Gasteiger partial charge in [0.05, 0.1) is 12.2 Å². The Morgan fingerprint density at radius 2 is 2.18 bits per heavy atom. The van der Waals surface area contributed by atoms with Crippen molar-refractivity contribution in [2.75, 3.05) is 6.61 Å². The summed E-state index contributed by atoms with van der Waals surface area (Å²) in [5.41, 5.74) is -1.63. The maximum atomic E-state index is 13.7. The number of nitrogens with one attached hydrogen (secondary N) is 2. The van der Waals surface area contributed by atoms with E-state index in [4.69, 9.17) is 9.84 Å². The van der Waals surface area contributed by atoms with Gasteiger partial charge in [0.25, 0.3) is 5.56 Å². The predicted molar refractivity (Wildman–Crippen MR) is 53.3 cm³/mol. The Labute approximate surface area is 93.9 Å². The molecule has 0 spiro atoms. The van der Waals surface area contributed by atoms with Crippen molar-refractivity contribution in [2.24, 2.45) is 0 Å². The maximum Gasteiger partial charge on any atom is 0.325 e. The molecule has 1 unspecified atom stereocenters. The number of halogens is 1. The Kier molecular flexibility index (Phi) is 3.09. The van der Waals surface area contributed by atoms with Gasteiger partial charge in [-0.1, -0.05) is 0 Å². The average Bonchev–Trinajstić information content (AvgIpc) is 2.57. The quantitative estimate of drug-likeness (QED) is 0.491. The molecule has 1 aliphatic rings. The van der Waals surface area contributed by atoms with Crippen LogP contribution in [0, 0.1) is 0 Å². The molecule has 0 saturated carbocycles. The van der Waals surface area contributed by atoms with Gasteiger partial charge in [-0.3, -0.25) is 9.78 Å². The van der Waals surface area contributed by atoms with E-state index >= 15 is 0 Å². The fourth-order valence-corrected chi connectivity index (χ4v) is 1.76. The first-order valence-electron chi connectivity index (χ1n) is 4.95. The molecule has 4 N–H and O–H groups in total. The highest BCUT2D eigenvalue weighted by atomic mass is 19.1. The fraction of sp³-hybridized carbons (Fsp3) is 0.556. The zero-order valence-electron chi connectivity index (χ0n) is 8.59.